The van der Waals surface area contributed by atoms with Gasteiger partial charge >= 0.3 is 5.97 Å². The minimum absolute atomic E-state index is 0.0154. The topological polar surface area (TPSA) is 26.3 Å². The monoisotopic (exact) mass is 286 g/mol. The Bertz CT molecular complexity index is 473. The second kappa shape index (κ2) is 5.90. The fraction of sp³-hybridized carbons (Fsp3) is 0.500. The molecule has 0 aliphatic heterocycles. The van der Waals surface area contributed by atoms with Gasteiger partial charge < -0.3 is 4.74 Å². The van der Waals surface area contributed by atoms with Gasteiger partial charge in [-0.25, -0.2) is 8.78 Å². The van der Waals surface area contributed by atoms with Crippen molar-refractivity contribution in [1.82, 2.24) is 0 Å². The van der Waals surface area contributed by atoms with E-state index in [9.17, 15) is 13.6 Å². The number of rotatable bonds is 6. The lowest BCUT2D eigenvalue weighted by Crippen LogP contribution is -2.13. The van der Waals surface area contributed by atoms with Crippen LogP contribution in [0.4, 0.5) is 8.78 Å². The van der Waals surface area contributed by atoms with Crippen LogP contribution >= 0.6 is 11.8 Å². The molecule has 104 valence electrons. The molecule has 0 radical (unpaired) electrons. The maximum atomic E-state index is 13.4. The van der Waals surface area contributed by atoms with E-state index in [1.165, 1.54) is 24.9 Å². The third kappa shape index (κ3) is 3.69. The molecule has 0 heterocycles. The minimum atomic E-state index is -0.811. The Morgan fingerprint density at radius 3 is 2.79 bits per heavy atom. The fourth-order valence-electron chi connectivity index (χ4n) is 1.96. The van der Waals surface area contributed by atoms with Crippen LogP contribution in [0.2, 0.25) is 0 Å². The van der Waals surface area contributed by atoms with Gasteiger partial charge in [-0.05, 0) is 30.1 Å². The van der Waals surface area contributed by atoms with E-state index in [1.54, 1.807) is 6.07 Å². The van der Waals surface area contributed by atoms with Crippen molar-refractivity contribution in [2.24, 2.45) is 5.41 Å². The third-order valence-corrected chi connectivity index (χ3v) is 4.73. The summed E-state index contributed by atoms with van der Waals surface area (Å²) in [7, 11) is 1.38. The molecule has 5 heteroatoms. The number of methoxy groups -OCH3 is 1. The molecule has 2 nitrogen and oxygen atoms in total. The van der Waals surface area contributed by atoms with Crippen molar-refractivity contribution in [2.45, 2.75) is 25.0 Å². The van der Waals surface area contributed by atoms with Crippen LogP contribution in [0.25, 0.3) is 0 Å². The summed E-state index contributed by atoms with van der Waals surface area (Å²) >= 11 is 1.54. The normalized spacial score (nSPS) is 16.2. The van der Waals surface area contributed by atoms with Gasteiger partial charge in [0, 0.05) is 11.3 Å². The summed E-state index contributed by atoms with van der Waals surface area (Å²) in [6.07, 6.45) is 2.42. The van der Waals surface area contributed by atoms with E-state index in [0.29, 0.717) is 17.7 Å². The lowest BCUT2D eigenvalue weighted by molar-refractivity contribution is -0.141. The number of halogens is 2. The summed E-state index contributed by atoms with van der Waals surface area (Å²) in [4.78, 5) is 11.3. The Morgan fingerprint density at radius 1 is 1.42 bits per heavy atom. The van der Waals surface area contributed by atoms with Crippen molar-refractivity contribution in [3.05, 3.63) is 35.4 Å². The van der Waals surface area contributed by atoms with Crippen LogP contribution in [0.15, 0.2) is 18.2 Å². The first kappa shape index (κ1) is 14.3. The second-order valence-electron chi connectivity index (χ2n) is 4.96. The number of thioether (sulfide) groups is 1. The highest BCUT2D eigenvalue weighted by atomic mass is 32.2. The molecule has 1 saturated carbocycles. The fourth-order valence-corrected chi connectivity index (χ4v) is 3.33. The molecule has 0 atom stereocenters. The Morgan fingerprint density at radius 2 is 2.16 bits per heavy atom. The largest absolute Gasteiger partial charge is 0.469 e. The lowest BCUT2D eigenvalue weighted by Gasteiger charge is -2.13. The van der Waals surface area contributed by atoms with Crippen LogP contribution in [0, 0.1) is 17.0 Å². The number of ether oxygens (including phenoxy) is 1. The number of hydrogen-bond donors (Lipinski definition) is 0. The maximum absolute atomic E-state index is 13.4. The first-order valence-corrected chi connectivity index (χ1v) is 7.29. The second-order valence-corrected chi connectivity index (χ2v) is 5.94. The number of benzene rings is 1. The number of esters is 1. The van der Waals surface area contributed by atoms with Crippen LogP contribution in [0.1, 0.15) is 24.8 Å². The van der Waals surface area contributed by atoms with Crippen molar-refractivity contribution in [3.63, 3.8) is 0 Å². The third-order valence-electron chi connectivity index (χ3n) is 3.40. The zero-order chi connectivity index (χ0) is 13.9. The lowest BCUT2D eigenvalue weighted by atomic mass is 10.1. The maximum Gasteiger partial charge on any atom is 0.306 e. The highest BCUT2D eigenvalue weighted by Crippen LogP contribution is 2.51. The molecule has 0 amide bonds. The van der Waals surface area contributed by atoms with Crippen LogP contribution in [0.5, 0.6) is 0 Å². The molecule has 1 aliphatic carbocycles. The van der Waals surface area contributed by atoms with E-state index < -0.39 is 11.6 Å². The predicted octanol–water partition coefficient (Wildman–Crippen LogP) is 3.54. The first-order chi connectivity index (χ1) is 9.06. The van der Waals surface area contributed by atoms with Crippen molar-refractivity contribution < 1.29 is 18.3 Å². The van der Waals surface area contributed by atoms with Gasteiger partial charge in [0.05, 0.1) is 13.5 Å². The van der Waals surface area contributed by atoms with Gasteiger partial charge in [0.2, 0.25) is 0 Å². The summed E-state index contributed by atoms with van der Waals surface area (Å²) in [6, 6.07) is 4.21. The molecule has 1 aliphatic rings. The molecule has 2 rings (SSSR count). The van der Waals surface area contributed by atoms with Gasteiger partial charge in [-0.2, -0.15) is 11.8 Å². The standard InChI is InChI=1S/C14H16F2O2S/c1-18-12(17)7-14(5-6-14)9-19-8-10-3-2-4-11(15)13(10)16/h2-4H,5-9H2,1H3. The Hall–Kier alpha value is -1.10. The number of carbonyl (C=O) groups is 1. The Balaban J connectivity index is 1.84. The molecule has 0 N–H and O–H groups in total. The molecular formula is C14H16F2O2S. The zero-order valence-electron chi connectivity index (χ0n) is 10.7. The van der Waals surface area contributed by atoms with E-state index in [2.05, 4.69) is 4.74 Å². The van der Waals surface area contributed by atoms with Gasteiger partial charge in [-0.1, -0.05) is 12.1 Å². The molecule has 0 saturated heterocycles. The molecule has 0 bridgehead atoms. The van der Waals surface area contributed by atoms with Gasteiger partial charge in [0.25, 0.3) is 0 Å². The van der Waals surface area contributed by atoms with Crippen LogP contribution in [-0.4, -0.2) is 18.8 Å². The van der Waals surface area contributed by atoms with Gasteiger partial charge in [-0.15, -0.1) is 0 Å². The Kier molecular flexibility index (Phi) is 4.45. The number of carbonyl (C=O) groups excluding carboxylic acids is 1. The van der Waals surface area contributed by atoms with Crippen molar-refractivity contribution >= 4 is 17.7 Å². The van der Waals surface area contributed by atoms with Crippen molar-refractivity contribution in [1.29, 1.82) is 0 Å². The molecule has 1 fully saturated rings. The van der Waals surface area contributed by atoms with Crippen LogP contribution in [-0.2, 0) is 15.3 Å². The molecule has 0 aromatic heterocycles. The van der Waals surface area contributed by atoms with Crippen molar-refractivity contribution in [3.8, 4) is 0 Å². The van der Waals surface area contributed by atoms with Crippen molar-refractivity contribution in [2.75, 3.05) is 12.9 Å². The summed E-state index contributed by atoms with van der Waals surface area (Å²) in [5.41, 5.74) is 0.389. The average molecular weight is 286 g/mol. The molecule has 19 heavy (non-hydrogen) atoms. The highest BCUT2D eigenvalue weighted by Gasteiger charge is 2.44. The highest BCUT2D eigenvalue weighted by molar-refractivity contribution is 7.98. The minimum Gasteiger partial charge on any atom is -0.469 e. The summed E-state index contributed by atoms with van der Waals surface area (Å²) in [6.45, 7) is 0. The van der Waals surface area contributed by atoms with E-state index in [4.69, 9.17) is 0 Å². The smallest absolute Gasteiger partial charge is 0.306 e. The molecule has 1 aromatic carbocycles. The predicted molar refractivity (Wildman–Crippen MR) is 70.8 cm³/mol. The van der Waals surface area contributed by atoms with Gasteiger partial charge in [-0.3, -0.25) is 4.79 Å². The summed E-state index contributed by atoms with van der Waals surface area (Å²) < 4.78 is 31.1. The van der Waals surface area contributed by atoms with E-state index >= 15 is 0 Å². The SMILES string of the molecule is COC(=O)CC1(CSCc2cccc(F)c2F)CC1. The molecule has 0 unspecified atom stereocenters. The van der Waals surface area contributed by atoms with Gasteiger partial charge in [0.1, 0.15) is 0 Å². The van der Waals surface area contributed by atoms with Gasteiger partial charge in [0.15, 0.2) is 11.6 Å². The van der Waals surface area contributed by atoms with E-state index in [1.807, 2.05) is 0 Å². The molecule has 1 aromatic rings. The number of hydrogen-bond acceptors (Lipinski definition) is 3. The molecular weight excluding hydrogens is 270 g/mol. The van der Waals surface area contributed by atoms with Crippen LogP contribution < -0.4 is 0 Å². The summed E-state index contributed by atoms with van der Waals surface area (Å²) in [5.74, 6) is -0.582. The average Bonchev–Trinajstić information content (AvgIpc) is 3.14. The van der Waals surface area contributed by atoms with E-state index in [0.717, 1.165) is 24.7 Å². The van der Waals surface area contributed by atoms with E-state index in [-0.39, 0.29) is 11.4 Å². The first-order valence-electron chi connectivity index (χ1n) is 6.14. The molecule has 0 spiro atoms. The van der Waals surface area contributed by atoms with Crippen LogP contribution in [0.3, 0.4) is 0 Å². The quantitative estimate of drug-likeness (QED) is 0.748. The zero-order valence-corrected chi connectivity index (χ0v) is 11.6. The summed E-state index contributed by atoms with van der Waals surface area (Å²) in [5, 5.41) is 0. The Labute approximate surface area is 115 Å².